The van der Waals surface area contributed by atoms with Crippen LogP contribution in [0.2, 0.25) is 0 Å². The van der Waals surface area contributed by atoms with E-state index < -0.39 is 0 Å². The molecule has 0 amide bonds. The lowest BCUT2D eigenvalue weighted by molar-refractivity contribution is 1.07. The predicted octanol–water partition coefficient (Wildman–Crippen LogP) is 25.0. The molecule has 0 unspecified atom stereocenters. The van der Waals surface area contributed by atoms with E-state index in [0.717, 1.165) is 277 Å². The third kappa shape index (κ3) is 11.6. The Morgan fingerprint density at radius 3 is 0.516 bits per heavy atom. The zero-order valence-electron chi connectivity index (χ0n) is 67.5. The first kappa shape index (κ1) is 70.7. The van der Waals surface area contributed by atoms with Gasteiger partial charge in [-0.2, -0.15) is 0 Å². The molecule has 8 aromatic carbocycles. The van der Waals surface area contributed by atoms with Gasteiger partial charge in [0.05, 0.1) is 89.7 Å². The molecule has 8 N–H and O–H groups in total. The topological polar surface area (TPSA) is 255 Å². The highest BCUT2D eigenvalue weighted by molar-refractivity contribution is 6.14. The molecule has 0 fully saturated rings. The van der Waals surface area contributed by atoms with Crippen LogP contribution in [0, 0.1) is 0 Å². The van der Waals surface area contributed by atoms with Gasteiger partial charge in [-0.05, 0) is 109 Å². The van der Waals surface area contributed by atoms with Crippen LogP contribution in [-0.4, -0.2) is 89.7 Å². The number of rotatable bonds is 16. The lowest BCUT2D eigenvalue weighted by Crippen LogP contribution is -1.93. The van der Waals surface area contributed by atoms with Crippen molar-refractivity contribution >= 4 is 141 Å². The summed E-state index contributed by atoms with van der Waals surface area (Å²) >= 11 is 0. The van der Waals surface area contributed by atoms with Crippen LogP contribution in [-0.2, 0) is 25.7 Å². The highest BCUT2D eigenvalue weighted by Crippen LogP contribution is 2.45. The van der Waals surface area contributed by atoms with Gasteiger partial charge in [0.25, 0.3) is 0 Å². The first-order valence-corrected chi connectivity index (χ1v) is 42.3. The third-order valence-corrected chi connectivity index (χ3v) is 25.5. The van der Waals surface area contributed by atoms with E-state index in [9.17, 15) is 0 Å². The molecule has 0 radical (unpaired) electrons. The second-order valence-electron chi connectivity index (χ2n) is 33.0. The Morgan fingerprint density at radius 1 is 0.159 bits per heavy atom. The lowest BCUT2D eigenvalue weighted by atomic mass is 9.98. The Labute approximate surface area is 716 Å². The van der Waals surface area contributed by atoms with Gasteiger partial charge in [-0.1, -0.05) is 146 Å². The van der Waals surface area contributed by atoms with E-state index in [-0.39, 0.29) is 0 Å². The minimum absolute atomic E-state index is 0.643. The Morgan fingerprint density at radius 2 is 0.325 bits per heavy atom. The van der Waals surface area contributed by atoms with Gasteiger partial charge in [-0.15, -0.1) is 0 Å². The minimum atomic E-state index is 0.643. The van der Waals surface area contributed by atoms with Gasteiger partial charge in [0.1, 0.15) is 0 Å². The average Bonchev–Trinajstić information content (AvgIpc) is 1.43. The Hall–Kier alpha value is -17.1. The molecule has 18 heteroatoms. The molecule has 0 saturated carbocycles. The van der Waals surface area contributed by atoms with Crippen LogP contribution in [0.15, 0.2) is 329 Å². The monoisotopic (exact) mass is 1620 g/mol. The van der Waals surface area contributed by atoms with Crippen LogP contribution in [0.25, 0.3) is 231 Å². The highest BCUT2D eigenvalue weighted by atomic mass is 14.8. The van der Waals surface area contributed by atoms with Gasteiger partial charge in [0, 0.05) is 287 Å². The third-order valence-electron chi connectivity index (χ3n) is 25.5. The first-order chi connectivity index (χ1) is 62.4. The van der Waals surface area contributed by atoms with Crippen molar-refractivity contribution in [3.63, 3.8) is 0 Å². The van der Waals surface area contributed by atoms with Gasteiger partial charge in [0.2, 0.25) is 0 Å². The van der Waals surface area contributed by atoms with Gasteiger partial charge in [-0.3, -0.25) is 49.8 Å². The molecular formula is C108H70N18. The summed E-state index contributed by atoms with van der Waals surface area (Å²) in [4.78, 5) is 79.9. The first-order valence-electron chi connectivity index (χ1n) is 42.3. The summed E-state index contributed by atoms with van der Waals surface area (Å²) in [6.07, 6.45) is 25.3. The van der Waals surface area contributed by atoms with Crippen LogP contribution in [0.4, 0.5) is 0 Å². The molecule has 0 aliphatic rings. The Kier molecular flexibility index (Phi) is 15.8. The molecule has 0 aliphatic carbocycles. The zero-order valence-corrected chi connectivity index (χ0v) is 67.5. The predicted molar refractivity (Wildman–Crippen MR) is 507 cm³/mol. The number of hydrogen-bond donors (Lipinski definition) is 8. The molecule has 18 heterocycles. The standard InChI is InChI=1S/C108H70N18/c1-9-59-45-69(119-93(59)85(17-1)101-77-27-35-109-57-67(77)25-37-111-101)53-71-47-61-11-3-19-87(95(61)121-71)103-79-29-41-115-105(81(79)31-39-113-103)89-21-5-13-63-49-73(123-97(63)89)55-75-51-65-15-7-23-91(99(65)125-75)107-83-33-44-118-108(84(83)34-43-117-107)92-24-8-16-66-52-76(126-100(66)92)56-74-50-64-14-6-22-90(98(64)124-74)106-82-32-40-114-104(80(82)30-42-116-106)88-20-4-12-62-48-72(122-96(62)88)54-70-46-60-10-2-18-86(94(60)120-70)102-78-28-36-110-58-68(78)26-38-112-102/h1-52,57-58,119-126H,53-56H2. The molecule has 0 spiro atoms. The minimum Gasteiger partial charge on any atom is -0.358 e. The van der Waals surface area contributed by atoms with Crippen molar-refractivity contribution in [1.82, 2.24) is 89.7 Å². The summed E-state index contributed by atoms with van der Waals surface area (Å²) in [6.45, 7) is 0. The molecule has 0 bridgehead atoms. The van der Waals surface area contributed by atoms with Crippen LogP contribution in [0.5, 0.6) is 0 Å². The second-order valence-corrected chi connectivity index (χ2v) is 33.0. The summed E-state index contributed by atoms with van der Waals surface area (Å²) in [5.74, 6) is 0. The van der Waals surface area contributed by atoms with Crippen molar-refractivity contribution in [2.75, 3.05) is 0 Å². The van der Waals surface area contributed by atoms with Crippen LogP contribution in [0.1, 0.15) is 45.6 Å². The molecular weight excluding hydrogens is 1550 g/mol. The van der Waals surface area contributed by atoms with Crippen molar-refractivity contribution < 1.29 is 0 Å². The van der Waals surface area contributed by atoms with E-state index in [2.05, 4.69) is 280 Å². The quantitative estimate of drug-likeness (QED) is 0.0454. The number of aromatic amines is 8. The number of aromatic nitrogens is 18. The fraction of sp³-hybridized carbons (Fsp3) is 0.0370. The van der Waals surface area contributed by atoms with Crippen molar-refractivity contribution in [3.8, 4) is 90.1 Å². The van der Waals surface area contributed by atoms with E-state index in [1.165, 1.54) is 0 Å². The van der Waals surface area contributed by atoms with E-state index in [0.29, 0.717) is 25.7 Å². The Balaban J connectivity index is 0.462. The molecule has 0 aliphatic heterocycles. The zero-order chi connectivity index (χ0) is 82.6. The second kappa shape index (κ2) is 28.2. The number of fused-ring (bicyclic) bond motifs is 13. The van der Waals surface area contributed by atoms with Crippen molar-refractivity contribution in [1.29, 1.82) is 0 Å². The molecule has 18 nitrogen and oxygen atoms in total. The normalized spacial score (nSPS) is 12.1. The number of pyridine rings is 10. The largest absolute Gasteiger partial charge is 0.358 e. The molecule has 126 heavy (non-hydrogen) atoms. The highest BCUT2D eigenvalue weighted by Gasteiger charge is 2.25. The number of H-pyrrole nitrogens is 8. The maximum absolute atomic E-state index is 5.15. The smallest absolute Gasteiger partial charge is 0.0802 e. The van der Waals surface area contributed by atoms with Gasteiger partial charge in [0.15, 0.2) is 0 Å². The number of para-hydroxylation sites is 8. The van der Waals surface area contributed by atoms with Gasteiger partial charge < -0.3 is 39.9 Å². The number of nitrogens with one attached hydrogen (secondary N) is 8. The van der Waals surface area contributed by atoms with Gasteiger partial charge in [-0.25, -0.2) is 0 Å². The van der Waals surface area contributed by atoms with Crippen LogP contribution in [0.3, 0.4) is 0 Å². The van der Waals surface area contributed by atoms with Crippen molar-refractivity contribution in [3.05, 3.63) is 375 Å². The van der Waals surface area contributed by atoms with E-state index in [1.807, 2.05) is 98.6 Å². The maximum Gasteiger partial charge on any atom is 0.0802 e. The molecule has 26 rings (SSSR count). The van der Waals surface area contributed by atoms with E-state index >= 15 is 0 Å². The summed E-state index contributed by atoms with van der Waals surface area (Å²) in [5, 5.41) is 19.3. The van der Waals surface area contributed by atoms with Crippen LogP contribution >= 0.6 is 0 Å². The fourth-order valence-electron chi connectivity index (χ4n) is 19.9. The average molecular weight is 1620 g/mol. The van der Waals surface area contributed by atoms with Crippen molar-refractivity contribution in [2.45, 2.75) is 25.7 Å². The van der Waals surface area contributed by atoms with Gasteiger partial charge >= 0.3 is 0 Å². The lowest BCUT2D eigenvalue weighted by Gasteiger charge is -2.11. The summed E-state index contributed by atoms with van der Waals surface area (Å²) < 4.78 is 0. The number of hydrogen-bond acceptors (Lipinski definition) is 10. The molecule has 18 aromatic heterocycles. The number of nitrogens with zero attached hydrogens (tertiary/aromatic N) is 10. The molecule has 592 valence electrons. The maximum atomic E-state index is 5.15. The summed E-state index contributed by atoms with van der Waals surface area (Å²) in [5.41, 5.74) is 32.4. The summed E-state index contributed by atoms with van der Waals surface area (Å²) in [7, 11) is 0. The Bertz CT molecular complexity index is 8460. The SMILES string of the molecule is c1cc(-c2nccc3cnccc23)c2[nH]c(Cc3cc4cccc(-c5nccc6c(-c7cccc8cc(Cc9cc%10cccc(-c%11nccc%12c(-c%13cccc%14cc(Cc%15cc%16cccc(-c%17nccc%18c(-c%19cccc%20cc(Cc%21cc%22cccc(-c%23nccc%24cnccc%23%24)c%22[nH]%21)[nH]c%19%20)nccc%17%18)c%16[nH]%15)[nH]c%13%14)nccc%11%12)c%10[nH]9)[nH]c78)nccc56)c4[nH]3)cc2c1. The van der Waals surface area contributed by atoms with Crippen molar-refractivity contribution in [2.24, 2.45) is 0 Å². The molecule has 26 aromatic rings. The molecule has 0 atom stereocenters. The molecule has 0 saturated heterocycles. The fourth-order valence-corrected chi connectivity index (χ4v) is 19.9. The number of benzene rings is 8. The van der Waals surface area contributed by atoms with Crippen LogP contribution < -0.4 is 0 Å². The van der Waals surface area contributed by atoms with E-state index in [4.69, 9.17) is 39.9 Å². The summed E-state index contributed by atoms with van der Waals surface area (Å²) in [6, 6.07) is 90.3. The van der Waals surface area contributed by atoms with E-state index in [1.54, 1.807) is 0 Å².